The fourth-order valence-electron chi connectivity index (χ4n) is 3.91. The Hall–Kier alpha value is -1.53. The smallest absolute Gasteiger partial charge is 0.248 e. The fourth-order valence-corrected chi connectivity index (χ4v) is 3.91. The van der Waals surface area contributed by atoms with Gasteiger partial charge in [0, 0.05) is 43.7 Å². The van der Waals surface area contributed by atoms with Crippen LogP contribution >= 0.6 is 0 Å². The van der Waals surface area contributed by atoms with E-state index in [-0.39, 0.29) is 24.7 Å². The molecular weight excluding hydrogens is 316 g/mol. The monoisotopic (exact) mass is 339 g/mol. The molecule has 5 nitrogen and oxygen atoms in total. The highest BCUT2D eigenvalue weighted by Gasteiger charge is 2.41. The molecule has 3 aliphatic rings. The van der Waals surface area contributed by atoms with E-state index in [9.17, 15) is 13.6 Å². The molecule has 1 aliphatic heterocycles. The number of nitrogens with zero attached hydrogens (tertiary/aromatic N) is 3. The zero-order valence-corrected chi connectivity index (χ0v) is 13.7. The summed E-state index contributed by atoms with van der Waals surface area (Å²) in [7, 11) is 0. The summed E-state index contributed by atoms with van der Waals surface area (Å²) in [6, 6.07) is 0. The summed E-state index contributed by atoms with van der Waals surface area (Å²) in [4.78, 5) is 18.8. The van der Waals surface area contributed by atoms with Gasteiger partial charge in [-0.15, -0.1) is 0 Å². The molecule has 24 heavy (non-hydrogen) atoms. The molecule has 7 heteroatoms. The number of carbonyl (C=O) groups excluding carboxylic acids is 1. The van der Waals surface area contributed by atoms with E-state index in [2.05, 4.69) is 10.1 Å². The number of carbonyl (C=O) groups is 1. The Morgan fingerprint density at radius 2 is 1.88 bits per heavy atom. The van der Waals surface area contributed by atoms with Crippen molar-refractivity contribution >= 4 is 5.91 Å². The first-order valence-corrected chi connectivity index (χ1v) is 9.02. The molecule has 2 aliphatic carbocycles. The molecule has 2 saturated carbocycles. The summed E-state index contributed by atoms with van der Waals surface area (Å²) < 4.78 is 32.4. The molecule has 0 aromatic carbocycles. The highest BCUT2D eigenvalue weighted by atomic mass is 19.3. The van der Waals surface area contributed by atoms with Gasteiger partial charge in [-0.05, 0) is 38.5 Å². The summed E-state index contributed by atoms with van der Waals surface area (Å²) >= 11 is 0. The number of hydrogen-bond acceptors (Lipinski definition) is 4. The Balaban J connectivity index is 1.32. The maximum Gasteiger partial charge on any atom is 0.248 e. The Morgan fingerprint density at radius 3 is 2.54 bits per heavy atom. The lowest BCUT2D eigenvalue weighted by molar-refractivity contribution is -0.143. The van der Waals surface area contributed by atoms with E-state index >= 15 is 0 Å². The molecule has 1 atom stereocenters. The summed E-state index contributed by atoms with van der Waals surface area (Å²) in [6.07, 6.45) is 4.45. The van der Waals surface area contributed by atoms with Crippen LogP contribution < -0.4 is 0 Å². The van der Waals surface area contributed by atoms with Crippen molar-refractivity contribution in [3.05, 3.63) is 11.7 Å². The summed E-state index contributed by atoms with van der Waals surface area (Å²) in [5.41, 5.74) is 0. The summed E-state index contributed by atoms with van der Waals surface area (Å²) in [5, 5.41) is 4.09. The van der Waals surface area contributed by atoms with Crippen molar-refractivity contribution in [2.75, 3.05) is 13.1 Å². The van der Waals surface area contributed by atoms with Crippen molar-refractivity contribution in [3.63, 3.8) is 0 Å². The van der Waals surface area contributed by atoms with Gasteiger partial charge in [0.05, 0.1) is 0 Å². The summed E-state index contributed by atoms with van der Waals surface area (Å²) in [5.74, 6) is -1.16. The second-order valence-corrected chi connectivity index (χ2v) is 7.51. The number of alkyl halides is 2. The number of halogens is 2. The van der Waals surface area contributed by atoms with E-state index in [1.54, 1.807) is 4.90 Å². The van der Waals surface area contributed by atoms with Crippen LogP contribution in [0.4, 0.5) is 8.78 Å². The molecule has 3 fully saturated rings. The van der Waals surface area contributed by atoms with Crippen LogP contribution in [-0.2, 0) is 4.79 Å². The highest BCUT2D eigenvalue weighted by molar-refractivity contribution is 5.79. The minimum atomic E-state index is -2.68. The van der Waals surface area contributed by atoms with E-state index in [0.29, 0.717) is 31.8 Å². The molecule has 0 N–H and O–H groups in total. The Morgan fingerprint density at radius 1 is 1.12 bits per heavy atom. The van der Waals surface area contributed by atoms with E-state index in [1.165, 1.54) is 0 Å². The van der Waals surface area contributed by atoms with Crippen molar-refractivity contribution < 1.29 is 18.1 Å². The molecule has 0 spiro atoms. The minimum Gasteiger partial charge on any atom is -0.342 e. The van der Waals surface area contributed by atoms with Crippen LogP contribution in [0, 0.1) is 5.92 Å². The molecule has 1 aromatic heterocycles. The molecule has 2 heterocycles. The molecule has 0 radical (unpaired) electrons. The van der Waals surface area contributed by atoms with Crippen LogP contribution in [0.25, 0.3) is 0 Å². The second-order valence-electron chi connectivity index (χ2n) is 7.51. The van der Waals surface area contributed by atoms with Crippen molar-refractivity contribution in [2.45, 2.75) is 69.1 Å². The van der Waals surface area contributed by atoms with Crippen molar-refractivity contribution in [1.82, 2.24) is 15.0 Å². The molecule has 1 saturated heterocycles. The average molecular weight is 339 g/mol. The minimum absolute atomic E-state index is 0.0833. The molecule has 132 valence electrons. The maximum absolute atomic E-state index is 13.5. The first kappa shape index (κ1) is 16.0. The zero-order valence-electron chi connectivity index (χ0n) is 13.7. The van der Waals surface area contributed by atoms with Crippen LogP contribution in [0.5, 0.6) is 0 Å². The van der Waals surface area contributed by atoms with Crippen molar-refractivity contribution in [2.24, 2.45) is 5.92 Å². The quantitative estimate of drug-likeness (QED) is 0.846. The third-order valence-electron chi connectivity index (χ3n) is 5.55. The van der Waals surface area contributed by atoms with Crippen molar-refractivity contribution in [1.29, 1.82) is 0 Å². The average Bonchev–Trinajstić information content (AvgIpc) is 3.31. The van der Waals surface area contributed by atoms with Crippen molar-refractivity contribution in [3.8, 4) is 0 Å². The van der Waals surface area contributed by atoms with Gasteiger partial charge in [0.15, 0.2) is 5.82 Å². The standard InChI is InChI=1S/C17H23F2N3O2/c18-17(19)7-1-2-13(10-17)16(23)22-8-5-11(6-9-22)14-20-15(24-21-14)12-3-4-12/h11-13H,1-10H2. The lowest BCUT2D eigenvalue weighted by atomic mass is 9.85. The van der Waals surface area contributed by atoms with Gasteiger partial charge < -0.3 is 9.42 Å². The largest absolute Gasteiger partial charge is 0.342 e. The lowest BCUT2D eigenvalue weighted by Gasteiger charge is -2.36. The lowest BCUT2D eigenvalue weighted by Crippen LogP contribution is -2.44. The van der Waals surface area contributed by atoms with Crippen LogP contribution in [-0.4, -0.2) is 40.0 Å². The van der Waals surface area contributed by atoms with E-state index < -0.39 is 11.8 Å². The second kappa shape index (κ2) is 6.08. The molecule has 0 bridgehead atoms. The number of aromatic nitrogens is 2. The first-order valence-electron chi connectivity index (χ1n) is 9.02. The van der Waals surface area contributed by atoms with Gasteiger partial charge >= 0.3 is 0 Å². The van der Waals surface area contributed by atoms with Crippen LogP contribution in [0.2, 0.25) is 0 Å². The van der Waals surface area contributed by atoms with Gasteiger partial charge in [-0.2, -0.15) is 4.98 Å². The number of rotatable bonds is 3. The molecular formula is C17H23F2N3O2. The third kappa shape index (κ3) is 3.30. The molecule has 1 unspecified atom stereocenters. The zero-order chi connectivity index (χ0) is 16.7. The van der Waals surface area contributed by atoms with Gasteiger partial charge in [0.25, 0.3) is 0 Å². The first-order chi connectivity index (χ1) is 11.5. The molecule has 4 rings (SSSR count). The normalized spacial score (nSPS) is 28.1. The Bertz CT molecular complexity index is 607. The van der Waals surface area contributed by atoms with E-state index in [0.717, 1.165) is 37.4 Å². The van der Waals surface area contributed by atoms with E-state index in [1.807, 2.05) is 0 Å². The third-order valence-corrected chi connectivity index (χ3v) is 5.55. The van der Waals surface area contributed by atoms with Crippen LogP contribution in [0.3, 0.4) is 0 Å². The van der Waals surface area contributed by atoms with Gasteiger partial charge in [0.1, 0.15) is 0 Å². The van der Waals surface area contributed by atoms with E-state index in [4.69, 9.17) is 4.52 Å². The molecule has 1 amide bonds. The maximum atomic E-state index is 13.5. The Kier molecular flexibility index (Phi) is 4.04. The Labute approximate surface area is 139 Å². The number of piperidine rings is 1. The predicted octanol–water partition coefficient (Wildman–Crippen LogP) is 3.48. The van der Waals surface area contributed by atoms with Crippen LogP contribution in [0.15, 0.2) is 4.52 Å². The SMILES string of the molecule is O=C(C1CCCC(F)(F)C1)N1CCC(c2noc(C3CC3)n2)CC1. The topological polar surface area (TPSA) is 59.2 Å². The summed E-state index contributed by atoms with van der Waals surface area (Å²) in [6.45, 7) is 1.19. The number of hydrogen-bond donors (Lipinski definition) is 0. The van der Waals surface area contributed by atoms with Gasteiger partial charge in [-0.3, -0.25) is 4.79 Å². The van der Waals surface area contributed by atoms with Crippen LogP contribution in [0.1, 0.15) is 74.9 Å². The van der Waals surface area contributed by atoms with Gasteiger partial charge in [0.2, 0.25) is 17.7 Å². The fraction of sp³-hybridized carbons (Fsp3) is 0.824. The van der Waals surface area contributed by atoms with Gasteiger partial charge in [-0.25, -0.2) is 8.78 Å². The predicted molar refractivity (Wildman–Crippen MR) is 81.7 cm³/mol. The number of likely N-dealkylation sites (tertiary alicyclic amines) is 1. The molecule has 1 aromatic rings. The van der Waals surface area contributed by atoms with Gasteiger partial charge in [-0.1, -0.05) is 5.16 Å². The highest BCUT2D eigenvalue weighted by Crippen LogP contribution is 2.40. The number of amides is 1.